The van der Waals surface area contributed by atoms with Crippen molar-refractivity contribution in [2.45, 2.75) is 52.7 Å². The Morgan fingerprint density at radius 3 is 2.65 bits per heavy atom. The molecule has 20 heavy (non-hydrogen) atoms. The van der Waals surface area contributed by atoms with Gasteiger partial charge in [-0.1, -0.05) is 23.8 Å². The maximum absolute atomic E-state index is 10.9. The molecule has 1 unspecified atom stereocenters. The third kappa shape index (κ3) is 2.90. The Hall–Kier alpha value is -1.68. The summed E-state index contributed by atoms with van der Waals surface area (Å²) in [6.45, 7) is 10.0. The van der Waals surface area contributed by atoms with E-state index in [9.17, 15) is 5.11 Å². The summed E-state index contributed by atoms with van der Waals surface area (Å²) in [6, 6.07) is 6.39. The minimum atomic E-state index is -0.949. The first-order valence-electron chi connectivity index (χ1n) is 7.00. The zero-order valence-electron chi connectivity index (χ0n) is 12.9. The zero-order valence-corrected chi connectivity index (χ0v) is 12.9. The second-order valence-electron chi connectivity index (χ2n) is 5.98. The molecule has 0 spiro atoms. The van der Waals surface area contributed by atoms with Crippen LogP contribution in [0, 0.1) is 13.8 Å². The molecule has 0 fully saturated rings. The number of hydrogen-bond donors (Lipinski definition) is 1. The second kappa shape index (κ2) is 5.37. The molecular weight excluding hydrogens is 250 g/mol. The third-order valence-electron chi connectivity index (χ3n) is 3.61. The predicted octanol–water partition coefficient (Wildman–Crippen LogP) is 2.93. The van der Waals surface area contributed by atoms with Gasteiger partial charge in [-0.3, -0.25) is 0 Å². The number of aliphatic hydroxyl groups is 1. The van der Waals surface area contributed by atoms with E-state index in [1.807, 2.05) is 37.6 Å². The highest BCUT2D eigenvalue weighted by atomic mass is 16.3. The molecule has 2 aromatic rings. The van der Waals surface area contributed by atoms with Crippen molar-refractivity contribution in [2.24, 2.45) is 0 Å². The fourth-order valence-electron chi connectivity index (χ4n) is 2.55. The minimum Gasteiger partial charge on any atom is -0.385 e. The average Bonchev–Trinajstić information content (AvgIpc) is 2.79. The smallest absolute Gasteiger partial charge is 0.138 e. The van der Waals surface area contributed by atoms with E-state index in [2.05, 4.69) is 30.0 Å². The Bertz CT molecular complexity index is 600. The first kappa shape index (κ1) is 14.7. The predicted molar refractivity (Wildman–Crippen MR) is 79.6 cm³/mol. The van der Waals surface area contributed by atoms with Crippen molar-refractivity contribution in [3.05, 3.63) is 47.0 Å². The van der Waals surface area contributed by atoms with Gasteiger partial charge in [-0.15, -0.1) is 0 Å². The molecule has 1 atom stereocenters. The Morgan fingerprint density at radius 1 is 1.30 bits per heavy atom. The largest absolute Gasteiger partial charge is 0.385 e. The van der Waals surface area contributed by atoms with E-state index in [4.69, 9.17) is 0 Å². The maximum atomic E-state index is 10.9. The molecule has 4 nitrogen and oxygen atoms in total. The summed E-state index contributed by atoms with van der Waals surface area (Å²) < 4.78 is 1.86. The Morgan fingerprint density at radius 2 is 2.00 bits per heavy atom. The van der Waals surface area contributed by atoms with Gasteiger partial charge in [-0.2, -0.15) is 5.10 Å². The van der Waals surface area contributed by atoms with Crippen LogP contribution in [0.1, 0.15) is 49.3 Å². The van der Waals surface area contributed by atoms with Crippen LogP contribution in [0.4, 0.5) is 0 Å². The van der Waals surface area contributed by atoms with Gasteiger partial charge in [-0.25, -0.2) is 9.67 Å². The van der Waals surface area contributed by atoms with Crippen LogP contribution in [0.3, 0.4) is 0 Å². The summed E-state index contributed by atoms with van der Waals surface area (Å²) in [5.74, 6) is 0.811. The quantitative estimate of drug-likeness (QED) is 0.932. The van der Waals surface area contributed by atoms with Crippen molar-refractivity contribution in [2.75, 3.05) is 0 Å². The van der Waals surface area contributed by atoms with Gasteiger partial charge >= 0.3 is 0 Å². The van der Waals surface area contributed by atoms with E-state index in [1.165, 1.54) is 0 Å². The van der Waals surface area contributed by atoms with Gasteiger partial charge in [0.2, 0.25) is 0 Å². The number of rotatable bonds is 4. The molecule has 4 heteroatoms. The first-order valence-corrected chi connectivity index (χ1v) is 7.00. The Balaban J connectivity index is 2.35. The van der Waals surface area contributed by atoms with Crippen LogP contribution >= 0.6 is 0 Å². The molecule has 0 aliphatic carbocycles. The molecule has 1 aromatic heterocycles. The molecule has 1 N–H and O–H groups in total. The molecule has 0 amide bonds. The molecule has 0 aliphatic rings. The number of aryl methyl sites for hydroxylation is 2. The summed E-state index contributed by atoms with van der Waals surface area (Å²) in [6.07, 6.45) is 2.00. The lowest BCUT2D eigenvalue weighted by atomic mass is 9.87. The lowest BCUT2D eigenvalue weighted by molar-refractivity contribution is 0.0532. The van der Waals surface area contributed by atoms with Crippen LogP contribution < -0.4 is 0 Å². The first-order chi connectivity index (χ1) is 9.31. The van der Waals surface area contributed by atoms with E-state index in [0.29, 0.717) is 6.42 Å². The molecule has 0 saturated heterocycles. The van der Waals surface area contributed by atoms with Gasteiger partial charge in [0.25, 0.3) is 0 Å². The molecule has 108 valence electrons. The fourth-order valence-corrected chi connectivity index (χ4v) is 2.55. The number of hydrogen-bond acceptors (Lipinski definition) is 3. The molecule has 1 aromatic carbocycles. The SMILES string of the molecule is Cc1ccc(C)c(C(C)(O)Cc2ncnn2C(C)C)c1. The number of nitrogens with zero attached hydrogens (tertiary/aromatic N) is 3. The van der Waals surface area contributed by atoms with Gasteiger partial charge in [0.1, 0.15) is 12.2 Å². The summed E-state index contributed by atoms with van der Waals surface area (Å²) in [4.78, 5) is 4.29. The van der Waals surface area contributed by atoms with Gasteiger partial charge in [-0.05, 0) is 45.7 Å². The Kier molecular flexibility index (Phi) is 3.95. The van der Waals surface area contributed by atoms with Crippen molar-refractivity contribution in [3.8, 4) is 0 Å². The average molecular weight is 273 g/mol. The molecule has 0 aliphatic heterocycles. The summed E-state index contributed by atoms with van der Waals surface area (Å²) in [5.41, 5.74) is 2.25. The van der Waals surface area contributed by atoms with E-state index < -0.39 is 5.60 Å². The third-order valence-corrected chi connectivity index (χ3v) is 3.61. The van der Waals surface area contributed by atoms with Crippen molar-refractivity contribution >= 4 is 0 Å². The lowest BCUT2D eigenvalue weighted by Gasteiger charge is -2.26. The van der Waals surface area contributed by atoms with E-state index in [1.54, 1.807) is 6.33 Å². The van der Waals surface area contributed by atoms with Gasteiger partial charge < -0.3 is 5.11 Å². The summed E-state index contributed by atoms with van der Waals surface area (Å²) in [7, 11) is 0. The normalized spacial score (nSPS) is 14.6. The minimum absolute atomic E-state index is 0.238. The lowest BCUT2D eigenvalue weighted by Crippen LogP contribution is -2.28. The van der Waals surface area contributed by atoms with Crippen LogP contribution in [0.2, 0.25) is 0 Å². The second-order valence-corrected chi connectivity index (χ2v) is 5.98. The maximum Gasteiger partial charge on any atom is 0.138 e. The van der Waals surface area contributed by atoms with Gasteiger partial charge in [0.15, 0.2) is 0 Å². The van der Waals surface area contributed by atoms with Crippen molar-refractivity contribution in [3.63, 3.8) is 0 Å². The summed E-state index contributed by atoms with van der Waals surface area (Å²) in [5, 5.41) is 15.1. The zero-order chi connectivity index (χ0) is 14.9. The van der Waals surface area contributed by atoms with E-state index in [0.717, 1.165) is 22.5 Å². The van der Waals surface area contributed by atoms with Crippen LogP contribution in [-0.2, 0) is 12.0 Å². The monoisotopic (exact) mass is 273 g/mol. The van der Waals surface area contributed by atoms with Crippen LogP contribution in [0.25, 0.3) is 0 Å². The van der Waals surface area contributed by atoms with Crippen molar-refractivity contribution in [1.29, 1.82) is 0 Å². The van der Waals surface area contributed by atoms with Crippen LogP contribution in [-0.4, -0.2) is 19.9 Å². The van der Waals surface area contributed by atoms with Gasteiger partial charge in [0.05, 0.1) is 5.60 Å². The highest BCUT2D eigenvalue weighted by molar-refractivity contribution is 5.35. The fraction of sp³-hybridized carbons (Fsp3) is 0.500. The number of aromatic nitrogens is 3. The van der Waals surface area contributed by atoms with E-state index in [-0.39, 0.29) is 6.04 Å². The molecule has 0 radical (unpaired) electrons. The topological polar surface area (TPSA) is 50.9 Å². The highest BCUT2D eigenvalue weighted by Gasteiger charge is 2.28. The van der Waals surface area contributed by atoms with Crippen LogP contribution in [0.15, 0.2) is 24.5 Å². The molecule has 0 saturated carbocycles. The molecule has 0 bridgehead atoms. The highest BCUT2D eigenvalue weighted by Crippen LogP contribution is 2.28. The standard InChI is InChI=1S/C16H23N3O/c1-11(2)19-15(17-10-18-19)9-16(5,20)14-8-12(3)6-7-13(14)4/h6-8,10-11,20H,9H2,1-5H3. The van der Waals surface area contributed by atoms with E-state index >= 15 is 0 Å². The molecule has 2 rings (SSSR count). The Labute approximate surface area is 120 Å². The molecular formula is C16H23N3O. The van der Waals surface area contributed by atoms with Crippen LogP contribution in [0.5, 0.6) is 0 Å². The van der Waals surface area contributed by atoms with Crippen molar-refractivity contribution < 1.29 is 5.11 Å². The number of benzene rings is 1. The van der Waals surface area contributed by atoms with Crippen molar-refractivity contribution in [1.82, 2.24) is 14.8 Å². The van der Waals surface area contributed by atoms with Gasteiger partial charge in [0, 0.05) is 12.5 Å². The summed E-state index contributed by atoms with van der Waals surface area (Å²) >= 11 is 0. The molecule has 1 heterocycles.